The van der Waals surface area contributed by atoms with Gasteiger partial charge in [0.15, 0.2) is 0 Å². The second-order valence-electron chi connectivity index (χ2n) is 8.80. The van der Waals surface area contributed by atoms with Crippen molar-refractivity contribution >= 4 is 0 Å². The van der Waals surface area contributed by atoms with Gasteiger partial charge in [-0.1, -0.05) is 25.2 Å². The van der Waals surface area contributed by atoms with Crippen LogP contribution in [-0.2, 0) is 11.2 Å². The predicted octanol–water partition coefficient (Wildman–Crippen LogP) is 6.53. The molecule has 0 atom stereocenters. The van der Waals surface area contributed by atoms with E-state index in [0.29, 0.717) is 12.0 Å². The molecule has 28 heavy (non-hydrogen) atoms. The quantitative estimate of drug-likeness (QED) is 0.521. The third-order valence-corrected chi connectivity index (χ3v) is 6.77. The van der Waals surface area contributed by atoms with Crippen molar-refractivity contribution in [3.63, 3.8) is 0 Å². The molecule has 2 aliphatic rings. The maximum atomic E-state index is 14.2. The van der Waals surface area contributed by atoms with E-state index in [1.54, 1.807) is 7.11 Å². The van der Waals surface area contributed by atoms with Gasteiger partial charge in [0.2, 0.25) is 0 Å². The number of hydrogen-bond donors (Lipinski definition) is 0. The number of hydrogen-bond acceptors (Lipinski definition) is 1. The van der Waals surface area contributed by atoms with Gasteiger partial charge >= 0.3 is 0 Å². The van der Waals surface area contributed by atoms with E-state index >= 15 is 0 Å². The van der Waals surface area contributed by atoms with Crippen LogP contribution in [-0.4, -0.2) is 13.7 Å². The highest BCUT2D eigenvalue weighted by Gasteiger charge is 2.30. The summed E-state index contributed by atoms with van der Waals surface area (Å²) in [4.78, 5) is 0. The zero-order valence-electron chi connectivity index (χ0n) is 17.4. The SMILES string of the molecule is CCCc1cc(F)c(C#CC2CCC(C3CCC(COC)CC3)CC2)c(F)c1. The lowest BCUT2D eigenvalue weighted by molar-refractivity contribution is 0.0961. The first-order valence-corrected chi connectivity index (χ1v) is 11.1. The molecule has 0 amide bonds. The fourth-order valence-corrected chi connectivity index (χ4v) is 5.15. The lowest BCUT2D eigenvalue weighted by atomic mass is 9.69. The Morgan fingerprint density at radius 3 is 2.04 bits per heavy atom. The van der Waals surface area contributed by atoms with Crippen molar-refractivity contribution in [3.8, 4) is 11.8 Å². The van der Waals surface area contributed by atoms with E-state index in [1.165, 1.54) is 50.7 Å². The first-order valence-electron chi connectivity index (χ1n) is 11.1. The smallest absolute Gasteiger partial charge is 0.142 e. The van der Waals surface area contributed by atoms with Gasteiger partial charge in [0, 0.05) is 19.6 Å². The molecule has 2 fully saturated rings. The molecule has 1 aromatic rings. The summed E-state index contributed by atoms with van der Waals surface area (Å²) in [7, 11) is 1.80. The summed E-state index contributed by atoms with van der Waals surface area (Å²) in [5.74, 6) is 7.64. The van der Waals surface area contributed by atoms with Gasteiger partial charge in [0.25, 0.3) is 0 Å². The van der Waals surface area contributed by atoms with Gasteiger partial charge in [-0.2, -0.15) is 0 Å². The summed E-state index contributed by atoms with van der Waals surface area (Å²) >= 11 is 0. The largest absolute Gasteiger partial charge is 0.384 e. The average molecular weight is 389 g/mol. The molecule has 0 aliphatic heterocycles. The van der Waals surface area contributed by atoms with Crippen LogP contribution in [0.5, 0.6) is 0 Å². The number of halogens is 2. The lowest BCUT2D eigenvalue weighted by Gasteiger charge is -2.36. The van der Waals surface area contributed by atoms with Crippen molar-refractivity contribution in [2.45, 2.75) is 71.1 Å². The molecule has 3 heteroatoms. The Morgan fingerprint density at radius 1 is 0.929 bits per heavy atom. The van der Waals surface area contributed by atoms with Crippen LogP contribution in [0.15, 0.2) is 12.1 Å². The van der Waals surface area contributed by atoms with Gasteiger partial charge in [0.1, 0.15) is 11.6 Å². The average Bonchev–Trinajstić information content (AvgIpc) is 2.69. The standard InChI is InChI=1S/C25H34F2O/c1-3-4-20-15-24(26)23(25(27)16-20)14-9-18-5-10-21(11-6-18)22-12-7-19(8-13-22)17-28-2/h15-16,18-19,21-22H,3-8,10-13,17H2,1-2H3. The molecular weight excluding hydrogens is 354 g/mol. The summed E-state index contributed by atoms with van der Waals surface area (Å²) in [6, 6.07) is 2.88. The van der Waals surface area contributed by atoms with Gasteiger partial charge in [-0.25, -0.2) is 8.78 Å². The number of methoxy groups -OCH3 is 1. The van der Waals surface area contributed by atoms with Gasteiger partial charge < -0.3 is 4.74 Å². The van der Waals surface area contributed by atoms with E-state index in [-0.39, 0.29) is 11.5 Å². The first kappa shape index (κ1) is 21.3. The Hall–Kier alpha value is -1.40. The van der Waals surface area contributed by atoms with E-state index in [1.807, 2.05) is 6.92 Å². The topological polar surface area (TPSA) is 9.23 Å². The molecule has 0 N–H and O–H groups in total. The van der Waals surface area contributed by atoms with Crippen molar-refractivity contribution in [1.82, 2.24) is 0 Å². The first-order chi connectivity index (χ1) is 13.6. The third-order valence-electron chi connectivity index (χ3n) is 6.77. The van der Waals surface area contributed by atoms with Crippen molar-refractivity contribution in [3.05, 3.63) is 34.9 Å². The van der Waals surface area contributed by atoms with Crippen molar-refractivity contribution < 1.29 is 13.5 Å². The van der Waals surface area contributed by atoms with Crippen LogP contribution in [0.4, 0.5) is 8.78 Å². The third kappa shape index (κ3) is 5.57. The molecule has 3 rings (SSSR count). The highest BCUT2D eigenvalue weighted by molar-refractivity contribution is 5.39. The van der Waals surface area contributed by atoms with Crippen molar-refractivity contribution in [1.29, 1.82) is 0 Å². The normalized spacial score (nSPS) is 27.9. The highest BCUT2D eigenvalue weighted by Crippen LogP contribution is 2.41. The van der Waals surface area contributed by atoms with Crippen molar-refractivity contribution in [2.24, 2.45) is 23.7 Å². The molecule has 0 spiro atoms. The molecule has 0 bridgehead atoms. The summed E-state index contributed by atoms with van der Waals surface area (Å²) in [6.07, 6.45) is 11.4. The molecule has 0 saturated heterocycles. The van der Waals surface area contributed by atoms with Crippen LogP contribution in [0, 0.1) is 47.1 Å². The second-order valence-corrected chi connectivity index (χ2v) is 8.80. The summed E-state index contributed by atoms with van der Waals surface area (Å²) < 4.78 is 33.8. The zero-order valence-corrected chi connectivity index (χ0v) is 17.4. The molecule has 154 valence electrons. The zero-order chi connectivity index (χ0) is 19.9. The Kier molecular flexibility index (Phi) is 7.91. The van der Waals surface area contributed by atoms with E-state index in [0.717, 1.165) is 43.6 Å². The fourth-order valence-electron chi connectivity index (χ4n) is 5.15. The Labute approximate surface area is 169 Å². The second kappa shape index (κ2) is 10.4. The molecule has 0 heterocycles. The Bertz CT molecular complexity index is 663. The van der Waals surface area contributed by atoms with Gasteiger partial charge in [-0.15, -0.1) is 0 Å². The highest BCUT2D eigenvalue weighted by atomic mass is 19.1. The van der Waals surface area contributed by atoms with Crippen LogP contribution in [0.25, 0.3) is 0 Å². The van der Waals surface area contributed by atoms with Gasteiger partial charge in [-0.3, -0.25) is 0 Å². The Morgan fingerprint density at radius 2 is 1.50 bits per heavy atom. The molecular formula is C25H34F2O. The predicted molar refractivity (Wildman–Crippen MR) is 110 cm³/mol. The Balaban J connectivity index is 1.52. The number of ether oxygens (including phenoxy) is 1. The molecule has 0 radical (unpaired) electrons. The number of rotatable bonds is 5. The molecule has 2 saturated carbocycles. The summed E-state index contributed by atoms with van der Waals surface area (Å²) in [6.45, 7) is 2.91. The lowest BCUT2D eigenvalue weighted by Crippen LogP contribution is -2.26. The van der Waals surface area contributed by atoms with Crippen molar-refractivity contribution in [2.75, 3.05) is 13.7 Å². The molecule has 2 aliphatic carbocycles. The molecule has 0 aromatic heterocycles. The van der Waals surface area contributed by atoms with Crippen LogP contribution in [0.3, 0.4) is 0 Å². The summed E-state index contributed by atoms with van der Waals surface area (Å²) in [5.41, 5.74) is 0.655. The van der Waals surface area contributed by atoms with Crippen LogP contribution >= 0.6 is 0 Å². The molecule has 1 aromatic carbocycles. The van der Waals surface area contributed by atoms with E-state index in [2.05, 4.69) is 11.8 Å². The minimum atomic E-state index is -0.516. The number of benzene rings is 1. The van der Waals surface area contributed by atoms with Crippen LogP contribution in [0.2, 0.25) is 0 Å². The fraction of sp³-hybridized carbons (Fsp3) is 0.680. The van der Waals surface area contributed by atoms with Crippen LogP contribution in [0.1, 0.15) is 75.8 Å². The minimum absolute atomic E-state index is 0.0570. The maximum Gasteiger partial charge on any atom is 0.142 e. The summed E-state index contributed by atoms with van der Waals surface area (Å²) in [5, 5.41) is 0. The van der Waals surface area contributed by atoms with E-state index in [4.69, 9.17) is 4.74 Å². The number of aryl methyl sites for hydroxylation is 1. The monoisotopic (exact) mass is 388 g/mol. The molecule has 0 unspecified atom stereocenters. The maximum absolute atomic E-state index is 14.2. The van der Waals surface area contributed by atoms with Gasteiger partial charge in [0.05, 0.1) is 5.56 Å². The van der Waals surface area contributed by atoms with E-state index in [9.17, 15) is 8.78 Å². The molecule has 1 nitrogen and oxygen atoms in total. The minimum Gasteiger partial charge on any atom is -0.384 e. The van der Waals surface area contributed by atoms with Crippen LogP contribution < -0.4 is 0 Å². The van der Waals surface area contributed by atoms with E-state index < -0.39 is 11.6 Å². The van der Waals surface area contributed by atoms with Gasteiger partial charge in [-0.05, 0) is 93.2 Å².